The van der Waals surface area contributed by atoms with Crippen molar-refractivity contribution in [3.63, 3.8) is 0 Å². The Bertz CT molecular complexity index is 1160. The van der Waals surface area contributed by atoms with E-state index in [-0.39, 0.29) is 16.5 Å². The number of rotatable bonds is 4. The van der Waals surface area contributed by atoms with Gasteiger partial charge in [0, 0.05) is 17.8 Å². The predicted molar refractivity (Wildman–Crippen MR) is 110 cm³/mol. The molecule has 0 unspecified atom stereocenters. The number of halogens is 1. The number of nitrogens with zero attached hydrogens (tertiary/aromatic N) is 1. The number of sulfonamides is 1. The number of carbonyl (C=O) groups is 1. The summed E-state index contributed by atoms with van der Waals surface area (Å²) in [5.74, 6) is -0.838. The minimum Gasteiger partial charge on any atom is -0.308 e. The van der Waals surface area contributed by atoms with Gasteiger partial charge in [0.15, 0.2) is 0 Å². The molecule has 0 aliphatic carbocycles. The summed E-state index contributed by atoms with van der Waals surface area (Å²) in [6.45, 7) is 0.616. The molecule has 148 valence electrons. The van der Waals surface area contributed by atoms with Gasteiger partial charge in [-0.3, -0.25) is 9.52 Å². The summed E-state index contributed by atoms with van der Waals surface area (Å²) in [6.07, 6.45) is 1.81. The molecule has 0 saturated carbocycles. The smallest absolute Gasteiger partial charge is 0.261 e. The van der Waals surface area contributed by atoms with E-state index in [0.717, 1.165) is 24.1 Å². The van der Waals surface area contributed by atoms with Crippen molar-refractivity contribution in [1.82, 2.24) is 0 Å². The SMILES string of the molecule is O=C(c1ccc(S(=O)(=O)Nc2ccccc2F)cc1)N1CCCc2ccccc21. The Balaban J connectivity index is 1.57. The molecule has 29 heavy (non-hydrogen) atoms. The van der Waals surface area contributed by atoms with Crippen molar-refractivity contribution in [1.29, 1.82) is 0 Å². The van der Waals surface area contributed by atoms with Gasteiger partial charge in [-0.25, -0.2) is 12.8 Å². The molecule has 1 aliphatic rings. The van der Waals surface area contributed by atoms with Gasteiger partial charge in [-0.2, -0.15) is 0 Å². The van der Waals surface area contributed by atoms with Crippen molar-refractivity contribution in [2.45, 2.75) is 17.7 Å². The van der Waals surface area contributed by atoms with E-state index >= 15 is 0 Å². The highest BCUT2D eigenvalue weighted by Crippen LogP contribution is 2.28. The largest absolute Gasteiger partial charge is 0.308 e. The van der Waals surface area contributed by atoms with Crippen molar-refractivity contribution in [2.24, 2.45) is 0 Å². The zero-order valence-corrected chi connectivity index (χ0v) is 16.3. The van der Waals surface area contributed by atoms with Gasteiger partial charge in [0.2, 0.25) is 0 Å². The topological polar surface area (TPSA) is 66.5 Å². The van der Waals surface area contributed by atoms with Gasteiger partial charge in [0.25, 0.3) is 15.9 Å². The molecule has 0 saturated heterocycles. The van der Waals surface area contributed by atoms with E-state index in [4.69, 9.17) is 0 Å². The molecule has 1 N–H and O–H groups in total. The molecule has 1 heterocycles. The quantitative estimate of drug-likeness (QED) is 0.700. The molecule has 0 bridgehead atoms. The molecule has 3 aromatic carbocycles. The Morgan fingerprint density at radius 2 is 1.62 bits per heavy atom. The van der Waals surface area contributed by atoms with Crippen LogP contribution in [0, 0.1) is 5.82 Å². The lowest BCUT2D eigenvalue weighted by Gasteiger charge is -2.29. The normalized spacial score (nSPS) is 13.6. The number of hydrogen-bond donors (Lipinski definition) is 1. The molecular formula is C22H19FN2O3S. The lowest BCUT2D eigenvalue weighted by atomic mass is 10.0. The van der Waals surface area contributed by atoms with Gasteiger partial charge >= 0.3 is 0 Å². The molecule has 1 aliphatic heterocycles. The van der Waals surface area contributed by atoms with Crippen molar-refractivity contribution in [2.75, 3.05) is 16.2 Å². The van der Waals surface area contributed by atoms with E-state index in [1.165, 1.54) is 42.5 Å². The van der Waals surface area contributed by atoms with Crippen LogP contribution >= 0.6 is 0 Å². The van der Waals surface area contributed by atoms with Crippen LogP contribution in [-0.4, -0.2) is 20.9 Å². The fourth-order valence-electron chi connectivity index (χ4n) is 3.42. The van der Waals surface area contributed by atoms with Crippen LogP contribution in [0.25, 0.3) is 0 Å². The van der Waals surface area contributed by atoms with Crippen LogP contribution < -0.4 is 9.62 Å². The highest BCUT2D eigenvalue weighted by molar-refractivity contribution is 7.92. The predicted octanol–water partition coefficient (Wildman–Crippen LogP) is 4.22. The number of benzene rings is 3. The number of carbonyl (C=O) groups excluding carboxylic acids is 1. The second-order valence-electron chi connectivity index (χ2n) is 6.80. The molecule has 0 atom stereocenters. The molecule has 0 fully saturated rings. The minimum atomic E-state index is -3.97. The van der Waals surface area contributed by atoms with Crippen LogP contribution in [0.2, 0.25) is 0 Å². The maximum atomic E-state index is 13.8. The van der Waals surface area contributed by atoms with Crippen LogP contribution in [-0.2, 0) is 16.4 Å². The molecule has 7 heteroatoms. The highest BCUT2D eigenvalue weighted by Gasteiger charge is 2.24. The Morgan fingerprint density at radius 1 is 0.931 bits per heavy atom. The van der Waals surface area contributed by atoms with E-state index in [2.05, 4.69) is 4.72 Å². The molecule has 0 radical (unpaired) electrons. The third kappa shape index (κ3) is 3.86. The van der Waals surface area contributed by atoms with E-state index in [1.54, 1.807) is 11.0 Å². The van der Waals surface area contributed by atoms with E-state index < -0.39 is 15.8 Å². The zero-order chi connectivity index (χ0) is 20.4. The average Bonchev–Trinajstić information content (AvgIpc) is 2.74. The van der Waals surface area contributed by atoms with Crippen LogP contribution in [0.3, 0.4) is 0 Å². The average molecular weight is 410 g/mol. The van der Waals surface area contributed by atoms with Crippen LogP contribution in [0.5, 0.6) is 0 Å². The lowest BCUT2D eigenvalue weighted by molar-refractivity contribution is 0.0985. The standard InChI is InChI=1S/C22H19FN2O3S/c23-19-8-2-3-9-20(19)24-29(27,28)18-13-11-17(12-14-18)22(26)25-15-5-7-16-6-1-4-10-21(16)25/h1-4,6,8-14,24H,5,7,15H2. The Labute approximate surface area is 168 Å². The number of aryl methyl sites for hydroxylation is 1. The summed E-state index contributed by atoms with van der Waals surface area (Å²) >= 11 is 0. The molecular weight excluding hydrogens is 391 g/mol. The number of nitrogens with one attached hydrogen (secondary N) is 1. The van der Waals surface area contributed by atoms with Gasteiger partial charge in [-0.15, -0.1) is 0 Å². The molecule has 0 aromatic heterocycles. The number of para-hydroxylation sites is 2. The fourth-order valence-corrected chi connectivity index (χ4v) is 4.49. The van der Waals surface area contributed by atoms with Crippen LogP contribution in [0.15, 0.2) is 77.7 Å². The first-order valence-electron chi connectivity index (χ1n) is 9.23. The molecule has 4 rings (SSSR count). The molecule has 3 aromatic rings. The summed E-state index contributed by atoms with van der Waals surface area (Å²) in [5.41, 5.74) is 2.28. The zero-order valence-electron chi connectivity index (χ0n) is 15.5. The van der Waals surface area contributed by atoms with E-state index in [0.29, 0.717) is 12.1 Å². The number of hydrogen-bond acceptors (Lipinski definition) is 3. The van der Waals surface area contributed by atoms with Gasteiger partial charge in [-0.05, 0) is 60.9 Å². The van der Waals surface area contributed by atoms with Crippen molar-refractivity contribution in [3.05, 3.63) is 89.7 Å². The van der Waals surface area contributed by atoms with Gasteiger partial charge in [0.05, 0.1) is 10.6 Å². The first kappa shape index (κ1) is 19.1. The maximum absolute atomic E-state index is 13.8. The summed E-state index contributed by atoms with van der Waals surface area (Å²) < 4.78 is 41.0. The second kappa shape index (κ2) is 7.67. The lowest BCUT2D eigenvalue weighted by Crippen LogP contribution is -2.35. The third-order valence-corrected chi connectivity index (χ3v) is 6.27. The summed E-state index contributed by atoms with van der Waals surface area (Å²) in [4.78, 5) is 14.6. The maximum Gasteiger partial charge on any atom is 0.261 e. The van der Waals surface area contributed by atoms with Gasteiger partial charge in [-0.1, -0.05) is 30.3 Å². The van der Waals surface area contributed by atoms with Crippen molar-refractivity contribution >= 4 is 27.3 Å². The molecule has 5 nitrogen and oxygen atoms in total. The number of amides is 1. The first-order chi connectivity index (χ1) is 14.0. The third-order valence-electron chi connectivity index (χ3n) is 4.89. The van der Waals surface area contributed by atoms with Crippen molar-refractivity contribution in [3.8, 4) is 0 Å². The molecule has 0 spiro atoms. The van der Waals surface area contributed by atoms with Crippen molar-refractivity contribution < 1.29 is 17.6 Å². The highest BCUT2D eigenvalue weighted by atomic mass is 32.2. The van der Waals surface area contributed by atoms with Crippen LogP contribution in [0.4, 0.5) is 15.8 Å². The summed E-state index contributed by atoms with van der Waals surface area (Å²) in [6, 6.07) is 19.0. The molecule has 1 amide bonds. The Kier molecular flexibility index (Phi) is 5.07. The van der Waals surface area contributed by atoms with E-state index in [1.807, 2.05) is 24.3 Å². The van der Waals surface area contributed by atoms with Gasteiger partial charge in [0.1, 0.15) is 5.82 Å². The number of fused-ring (bicyclic) bond motifs is 1. The summed E-state index contributed by atoms with van der Waals surface area (Å²) in [5, 5.41) is 0. The first-order valence-corrected chi connectivity index (χ1v) is 10.7. The van der Waals surface area contributed by atoms with E-state index in [9.17, 15) is 17.6 Å². The van der Waals surface area contributed by atoms with Gasteiger partial charge < -0.3 is 4.90 Å². The Morgan fingerprint density at radius 3 is 2.38 bits per heavy atom. The summed E-state index contributed by atoms with van der Waals surface area (Å²) in [7, 11) is -3.97. The fraction of sp³-hybridized carbons (Fsp3) is 0.136. The van der Waals surface area contributed by atoms with Crippen LogP contribution in [0.1, 0.15) is 22.3 Å². The monoisotopic (exact) mass is 410 g/mol. The Hall–Kier alpha value is -3.19. The minimum absolute atomic E-state index is 0.0450. The number of anilines is 2. The second-order valence-corrected chi connectivity index (χ2v) is 8.48.